The zero-order valence-corrected chi connectivity index (χ0v) is 23.0. The van der Waals surface area contributed by atoms with Crippen LogP contribution in [0.2, 0.25) is 0 Å². The van der Waals surface area contributed by atoms with Crippen molar-refractivity contribution in [1.82, 2.24) is 15.0 Å². The van der Waals surface area contributed by atoms with Crippen molar-refractivity contribution in [2.45, 2.75) is 0 Å². The van der Waals surface area contributed by atoms with Gasteiger partial charge in [-0.25, -0.2) is 15.0 Å². The summed E-state index contributed by atoms with van der Waals surface area (Å²) in [6.45, 7) is 0. The van der Waals surface area contributed by atoms with E-state index in [1.165, 1.54) is 26.9 Å². The maximum absolute atomic E-state index is 6.21. The highest BCUT2D eigenvalue weighted by Gasteiger charge is 2.19. The van der Waals surface area contributed by atoms with Crippen LogP contribution in [0.1, 0.15) is 0 Å². The first kappa shape index (κ1) is 23.8. The Hall–Kier alpha value is -5.87. The second kappa shape index (κ2) is 9.33. The van der Waals surface area contributed by atoms with Gasteiger partial charge in [0.05, 0.1) is 0 Å². The number of furan rings is 1. The normalized spacial score (nSPS) is 11.7. The van der Waals surface area contributed by atoms with Crippen LogP contribution in [0.3, 0.4) is 0 Å². The lowest BCUT2D eigenvalue weighted by Crippen LogP contribution is -2.01. The quantitative estimate of drug-likeness (QED) is 0.206. The molecule has 200 valence electrons. The van der Waals surface area contributed by atoms with Crippen molar-refractivity contribution in [3.8, 4) is 34.2 Å². The van der Waals surface area contributed by atoms with E-state index in [0.717, 1.165) is 44.0 Å². The number of benzene rings is 7. The molecule has 0 aliphatic heterocycles. The monoisotopic (exact) mass is 549 g/mol. The van der Waals surface area contributed by atoms with E-state index >= 15 is 0 Å². The molecule has 0 aliphatic carbocycles. The third-order valence-electron chi connectivity index (χ3n) is 8.32. The molecule has 43 heavy (non-hydrogen) atoms. The number of aromatic nitrogens is 3. The summed E-state index contributed by atoms with van der Waals surface area (Å²) in [5.41, 5.74) is 4.48. The maximum Gasteiger partial charge on any atom is 0.164 e. The van der Waals surface area contributed by atoms with Gasteiger partial charge in [-0.1, -0.05) is 127 Å². The van der Waals surface area contributed by atoms with Gasteiger partial charge in [0.2, 0.25) is 0 Å². The Bertz CT molecular complexity index is 2510. The minimum Gasteiger partial charge on any atom is -0.456 e. The molecule has 7 aromatic carbocycles. The molecule has 0 aliphatic rings. The van der Waals surface area contributed by atoms with E-state index in [1.807, 2.05) is 60.7 Å². The van der Waals surface area contributed by atoms with E-state index in [9.17, 15) is 0 Å². The average molecular weight is 550 g/mol. The summed E-state index contributed by atoms with van der Waals surface area (Å²) in [4.78, 5) is 15.3. The van der Waals surface area contributed by atoms with Crippen molar-refractivity contribution in [2.24, 2.45) is 0 Å². The van der Waals surface area contributed by atoms with E-state index < -0.39 is 0 Å². The highest BCUT2D eigenvalue weighted by Crippen LogP contribution is 2.39. The third-order valence-corrected chi connectivity index (χ3v) is 8.32. The van der Waals surface area contributed by atoms with Crippen LogP contribution < -0.4 is 0 Å². The molecule has 0 atom stereocenters. The lowest BCUT2D eigenvalue weighted by molar-refractivity contribution is 0.669. The Morgan fingerprint density at radius 1 is 0.349 bits per heavy atom. The van der Waals surface area contributed by atoms with Gasteiger partial charge in [0.25, 0.3) is 0 Å². The highest BCUT2D eigenvalue weighted by atomic mass is 16.3. The van der Waals surface area contributed by atoms with Crippen molar-refractivity contribution in [3.05, 3.63) is 140 Å². The van der Waals surface area contributed by atoms with E-state index in [1.54, 1.807) is 0 Å². The molecule has 4 nitrogen and oxygen atoms in total. The summed E-state index contributed by atoms with van der Waals surface area (Å²) in [6, 6.07) is 48.1. The number of hydrogen-bond acceptors (Lipinski definition) is 4. The van der Waals surface area contributed by atoms with Crippen molar-refractivity contribution < 1.29 is 4.42 Å². The number of rotatable bonds is 3. The topological polar surface area (TPSA) is 51.8 Å². The Balaban J connectivity index is 1.35. The van der Waals surface area contributed by atoms with Crippen LogP contribution in [0.25, 0.3) is 88.4 Å². The second-order valence-corrected chi connectivity index (χ2v) is 10.8. The van der Waals surface area contributed by atoms with E-state index in [0.29, 0.717) is 17.5 Å². The molecule has 0 unspecified atom stereocenters. The molecular weight excluding hydrogens is 526 g/mol. The van der Waals surface area contributed by atoms with Crippen LogP contribution >= 0.6 is 0 Å². The first-order valence-electron chi connectivity index (χ1n) is 14.4. The summed E-state index contributed by atoms with van der Waals surface area (Å²) >= 11 is 0. The molecule has 0 saturated heterocycles. The van der Waals surface area contributed by atoms with Gasteiger partial charge < -0.3 is 4.42 Å². The van der Waals surface area contributed by atoms with Crippen LogP contribution in [0, 0.1) is 0 Å². The largest absolute Gasteiger partial charge is 0.456 e. The van der Waals surface area contributed by atoms with Gasteiger partial charge >= 0.3 is 0 Å². The molecule has 0 N–H and O–H groups in total. The van der Waals surface area contributed by atoms with Gasteiger partial charge in [-0.05, 0) is 44.5 Å². The van der Waals surface area contributed by atoms with Gasteiger partial charge in [0.15, 0.2) is 17.5 Å². The maximum atomic E-state index is 6.21. The van der Waals surface area contributed by atoms with E-state index in [-0.39, 0.29) is 0 Å². The molecule has 4 heteroatoms. The third kappa shape index (κ3) is 3.74. The average Bonchev–Trinajstić information content (AvgIpc) is 3.47. The lowest BCUT2D eigenvalue weighted by atomic mass is 9.94. The Morgan fingerprint density at radius 3 is 1.88 bits per heavy atom. The van der Waals surface area contributed by atoms with Crippen molar-refractivity contribution in [2.75, 3.05) is 0 Å². The molecule has 0 bridgehead atoms. The van der Waals surface area contributed by atoms with E-state index in [2.05, 4.69) is 78.9 Å². The summed E-state index contributed by atoms with van der Waals surface area (Å²) in [5, 5.41) is 9.24. The van der Waals surface area contributed by atoms with Gasteiger partial charge in [-0.2, -0.15) is 0 Å². The van der Waals surface area contributed by atoms with Gasteiger partial charge in [0, 0.05) is 27.5 Å². The Kier molecular flexibility index (Phi) is 5.16. The molecule has 0 saturated carbocycles. The summed E-state index contributed by atoms with van der Waals surface area (Å²) in [5.74, 6) is 1.89. The highest BCUT2D eigenvalue weighted by molar-refractivity contribution is 6.22. The fourth-order valence-electron chi connectivity index (χ4n) is 6.35. The fourth-order valence-corrected chi connectivity index (χ4v) is 6.35. The van der Waals surface area contributed by atoms with Crippen molar-refractivity contribution in [1.29, 1.82) is 0 Å². The predicted molar refractivity (Wildman–Crippen MR) is 176 cm³/mol. The molecule has 0 spiro atoms. The fraction of sp³-hybridized carbons (Fsp3) is 0. The zero-order chi connectivity index (χ0) is 28.3. The van der Waals surface area contributed by atoms with Crippen LogP contribution in [0.15, 0.2) is 144 Å². The number of fused-ring (bicyclic) bond motifs is 8. The summed E-state index contributed by atoms with van der Waals surface area (Å²) in [6.07, 6.45) is 0. The van der Waals surface area contributed by atoms with Gasteiger partial charge in [-0.3, -0.25) is 0 Å². The Morgan fingerprint density at radius 2 is 0.977 bits per heavy atom. The predicted octanol–water partition coefficient (Wildman–Crippen LogP) is 10.2. The van der Waals surface area contributed by atoms with Crippen molar-refractivity contribution in [3.63, 3.8) is 0 Å². The minimum atomic E-state index is 0.615. The SMILES string of the molecule is c1ccc(-c2nc(-c3cccc4c3ccc3ccc5ccccc5c34)nc(-c3cccc4oc5ccccc5c34)n2)cc1. The smallest absolute Gasteiger partial charge is 0.164 e. The van der Waals surface area contributed by atoms with Gasteiger partial charge in [0.1, 0.15) is 11.2 Å². The molecule has 2 heterocycles. The summed E-state index contributed by atoms with van der Waals surface area (Å²) < 4.78 is 6.21. The molecule has 2 aromatic heterocycles. The molecule has 0 radical (unpaired) electrons. The van der Waals surface area contributed by atoms with Crippen LogP contribution in [0.4, 0.5) is 0 Å². The standard InChI is InChI=1S/C39H23N3O/c1-2-11-26(12-3-1)37-40-38(42-39(41-37)32-17-9-19-34-36(32)31-14-6-7-18-33(31)43-34)30-16-8-15-29-28(30)23-22-25-21-20-24-10-4-5-13-27(24)35(25)29/h1-23H. The zero-order valence-electron chi connectivity index (χ0n) is 23.0. The van der Waals surface area contributed by atoms with E-state index in [4.69, 9.17) is 19.4 Å². The van der Waals surface area contributed by atoms with Gasteiger partial charge in [-0.15, -0.1) is 0 Å². The summed E-state index contributed by atoms with van der Waals surface area (Å²) in [7, 11) is 0. The van der Waals surface area contributed by atoms with Crippen LogP contribution in [0.5, 0.6) is 0 Å². The second-order valence-electron chi connectivity index (χ2n) is 10.8. The Labute approximate surface area is 246 Å². The van der Waals surface area contributed by atoms with Crippen LogP contribution in [-0.4, -0.2) is 15.0 Å². The first-order valence-corrected chi connectivity index (χ1v) is 14.4. The molecular formula is C39H23N3O. The molecule has 9 rings (SSSR count). The molecule has 9 aromatic rings. The molecule has 0 amide bonds. The minimum absolute atomic E-state index is 0.615. The first-order chi connectivity index (χ1) is 21.3. The number of nitrogens with zero attached hydrogens (tertiary/aromatic N) is 3. The molecule has 0 fully saturated rings. The number of hydrogen-bond donors (Lipinski definition) is 0. The van der Waals surface area contributed by atoms with Crippen LogP contribution in [-0.2, 0) is 0 Å². The van der Waals surface area contributed by atoms with Crippen molar-refractivity contribution >= 4 is 54.3 Å². The number of para-hydroxylation sites is 1. The lowest BCUT2D eigenvalue weighted by Gasteiger charge is -2.13.